The van der Waals surface area contributed by atoms with E-state index in [2.05, 4.69) is 20.3 Å². The Morgan fingerprint density at radius 3 is 2.55 bits per heavy atom. The van der Waals surface area contributed by atoms with Gasteiger partial charge in [0.15, 0.2) is 5.82 Å². The minimum Gasteiger partial charge on any atom is -0.396 e. The van der Waals surface area contributed by atoms with E-state index in [1.54, 1.807) is 24.4 Å². The molecule has 0 aliphatic carbocycles. The summed E-state index contributed by atoms with van der Waals surface area (Å²) in [5, 5.41) is 12.7. The fourth-order valence-corrected chi connectivity index (χ4v) is 3.22. The minimum atomic E-state index is -0.706. The van der Waals surface area contributed by atoms with E-state index in [0.29, 0.717) is 42.1 Å². The Kier molecular flexibility index (Phi) is 5.99. The van der Waals surface area contributed by atoms with E-state index >= 15 is 0 Å². The second-order valence-corrected chi connectivity index (χ2v) is 8.34. The van der Waals surface area contributed by atoms with Gasteiger partial charge >= 0.3 is 0 Å². The molecule has 3 aromatic rings. The molecule has 0 bridgehead atoms. The van der Waals surface area contributed by atoms with Crippen LogP contribution in [0, 0.1) is 11.2 Å². The van der Waals surface area contributed by atoms with Crippen molar-refractivity contribution >= 4 is 5.95 Å². The molecular formula is C22H26FN5O3. The van der Waals surface area contributed by atoms with Crippen LogP contribution in [0.1, 0.15) is 32.9 Å². The molecule has 2 aromatic heterocycles. The number of aromatic nitrogens is 4. The molecule has 1 aliphatic heterocycles. The Morgan fingerprint density at radius 2 is 1.90 bits per heavy atom. The summed E-state index contributed by atoms with van der Waals surface area (Å²) in [5.41, 5.74) is 2.17. The highest BCUT2D eigenvalue weighted by molar-refractivity contribution is 5.77. The minimum absolute atomic E-state index is 0.0312. The second-order valence-electron chi connectivity index (χ2n) is 8.34. The third-order valence-corrected chi connectivity index (χ3v) is 4.94. The van der Waals surface area contributed by atoms with Crippen molar-refractivity contribution in [1.82, 2.24) is 19.9 Å². The van der Waals surface area contributed by atoms with Crippen molar-refractivity contribution in [2.24, 2.45) is 5.41 Å². The van der Waals surface area contributed by atoms with Gasteiger partial charge in [0, 0.05) is 23.2 Å². The Morgan fingerprint density at radius 1 is 1.19 bits per heavy atom. The molecule has 1 aromatic carbocycles. The van der Waals surface area contributed by atoms with Crippen molar-refractivity contribution in [1.29, 1.82) is 0 Å². The van der Waals surface area contributed by atoms with Crippen LogP contribution in [0.15, 0.2) is 36.5 Å². The number of imidazole rings is 1. The van der Waals surface area contributed by atoms with E-state index in [0.717, 1.165) is 5.56 Å². The predicted molar refractivity (Wildman–Crippen MR) is 114 cm³/mol. The zero-order chi connectivity index (χ0) is 22.0. The average Bonchev–Trinajstić information content (AvgIpc) is 3.20. The van der Waals surface area contributed by atoms with E-state index in [9.17, 15) is 9.50 Å². The topological polar surface area (TPSA) is 105 Å². The quantitative estimate of drug-likeness (QED) is 0.553. The van der Waals surface area contributed by atoms with E-state index in [-0.39, 0.29) is 18.5 Å². The van der Waals surface area contributed by atoms with E-state index in [1.807, 2.05) is 20.8 Å². The number of hydrogen-bond donors (Lipinski definition) is 3. The smallest absolute Gasteiger partial charge is 0.223 e. The molecule has 31 heavy (non-hydrogen) atoms. The average molecular weight is 427 g/mol. The number of aliphatic hydroxyl groups is 1. The van der Waals surface area contributed by atoms with Gasteiger partial charge in [0.25, 0.3) is 0 Å². The van der Waals surface area contributed by atoms with Gasteiger partial charge in [-0.05, 0) is 44.2 Å². The van der Waals surface area contributed by atoms with Crippen molar-refractivity contribution in [3.05, 3.63) is 48.2 Å². The highest BCUT2D eigenvalue weighted by Crippen LogP contribution is 2.35. The molecule has 9 heteroatoms. The van der Waals surface area contributed by atoms with Gasteiger partial charge < -0.3 is 24.9 Å². The number of benzene rings is 1. The molecule has 0 amide bonds. The third-order valence-electron chi connectivity index (χ3n) is 4.94. The van der Waals surface area contributed by atoms with E-state index in [4.69, 9.17) is 14.5 Å². The molecule has 0 unspecified atom stereocenters. The van der Waals surface area contributed by atoms with Gasteiger partial charge in [0.1, 0.15) is 5.82 Å². The summed E-state index contributed by atoms with van der Waals surface area (Å²) in [7, 11) is 0. The molecule has 0 atom stereocenters. The van der Waals surface area contributed by atoms with Gasteiger partial charge in [-0.2, -0.15) is 0 Å². The van der Waals surface area contributed by atoms with E-state index < -0.39 is 11.7 Å². The fourth-order valence-electron chi connectivity index (χ4n) is 3.22. The van der Waals surface area contributed by atoms with Gasteiger partial charge in [0.05, 0.1) is 36.9 Å². The first-order valence-electron chi connectivity index (χ1n) is 10.2. The van der Waals surface area contributed by atoms with Crippen LogP contribution in [0.3, 0.4) is 0 Å². The molecule has 1 fully saturated rings. The highest BCUT2D eigenvalue weighted by Gasteiger charge is 2.34. The molecule has 1 aliphatic rings. The van der Waals surface area contributed by atoms with Gasteiger partial charge in [-0.1, -0.05) is 6.92 Å². The number of aliphatic hydroxyl groups excluding tert-OH is 1. The number of nitrogens with one attached hydrogen (secondary N) is 2. The van der Waals surface area contributed by atoms with Gasteiger partial charge in [0.2, 0.25) is 12.2 Å². The van der Waals surface area contributed by atoms with Crippen LogP contribution in [-0.2, 0) is 9.47 Å². The molecule has 1 saturated heterocycles. The van der Waals surface area contributed by atoms with Crippen molar-refractivity contribution < 1.29 is 19.0 Å². The first-order valence-corrected chi connectivity index (χ1v) is 10.2. The SMILES string of the molecule is CC(C)Nc1nccc(-c2[nH]c(C3OCC(C)(CO)CO3)nc2-c2ccc(F)cc2)n1. The van der Waals surface area contributed by atoms with Crippen LogP contribution in [-0.4, -0.2) is 50.9 Å². The number of nitrogens with zero attached hydrogens (tertiary/aromatic N) is 3. The number of aromatic amines is 1. The molecule has 8 nitrogen and oxygen atoms in total. The lowest BCUT2D eigenvalue weighted by molar-refractivity contribution is -0.239. The number of hydrogen-bond acceptors (Lipinski definition) is 7. The summed E-state index contributed by atoms with van der Waals surface area (Å²) in [6, 6.07) is 8.06. The van der Waals surface area contributed by atoms with Crippen LogP contribution in [0.4, 0.5) is 10.3 Å². The van der Waals surface area contributed by atoms with Crippen molar-refractivity contribution in [2.75, 3.05) is 25.1 Å². The van der Waals surface area contributed by atoms with Crippen LogP contribution in [0.5, 0.6) is 0 Å². The third kappa shape index (κ3) is 4.73. The van der Waals surface area contributed by atoms with Crippen LogP contribution < -0.4 is 5.32 Å². The first-order chi connectivity index (χ1) is 14.9. The summed E-state index contributed by atoms with van der Waals surface area (Å²) in [4.78, 5) is 16.8. The highest BCUT2D eigenvalue weighted by atomic mass is 19.1. The first kappa shape index (κ1) is 21.4. The Labute approximate surface area is 179 Å². The van der Waals surface area contributed by atoms with E-state index in [1.165, 1.54) is 12.1 Å². The van der Waals surface area contributed by atoms with Gasteiger partial charge in [-0.15, -0.1) is 0 Å². The maximum absolute atomic E-state index is 13.5. The van der Waals surface area contributed by atoms with Gasteiger partial charge in [-0.3, -0.25) is 0 Å². The monoisotopic (exact) mass is 427 g/mol. The molecule has 164 valence electrons. The number of anilines is 1. The number of rotatable bonds is 6. The maximum Gasteiger partial charge on any atom is 0.223 e. The predicted octanol–water partition coefficient (Wildman–Crippen LogP) is 3.54. The zero-order valence-electron chi connectivity index (χ0n) is 17.7. The molecule has 4 rings (SSSR count). The molecular weight excluding hydrogens is 401 g/mol. The Hall–Kier alpha value is -2.88. The lowest BCUT2D eigenvalue weighted by Crippen LogP contribution is -2.39. The number of H-pyrrole nitrogens is 1. The normalized spacial score (nSPS) is 21.4. The van der Waals surface area contributed by atoms with Crippen LogP contribution in [0.2, 0.25) is 0 Å². The Bertz CT molecular complexity index is 1030. The summed E-state index contributed by atoms with van der Waals surface area (Å²) in [6.07, 6.45) is 0.963. The number of ether oxygens (including phenoxy) is 2. The second kappa shape index (κ2) is 8.70. The fraction of sp³-hybridized carbons (Fsp3) is 0.409. The lowest BCUT2D eigenvalue weighted by atomic mass is 9.94. The van der Waals surface area contributed by atoms with Crippen molar-refractivity contribution in [3.63, 3.8) is 0 Å². The van der Waals surface area contributed by atoms with Crippen molar-refractivity contribution in [3.8, 4) is 22.6 Å². The summed E-state index contributed by atoms with van der Waals surface area (Å²) in [5.74, 6) is 0.651. The van der Waals surface area contributed by atoms with Crippen LogP contribution >= 0.6 is 0 Å². The molecule has 3 N–H and O–H groups in total. The zero-order valence-corrected chi connectivity index (χ0v) is 17.7. The molecule has 0 saturated carbocycles. The van der Waals surface area contributed by atoms with Crippen LogP contribution in [0.25, 0.3) is 22.6 Å². The number of halogens is 1. The molecule has 0 radical (unpaired) electrons. The summed E-state index contributed by atoms with van der Waals surface area (Å²) >= 11 is 0. The summed E-state index contributed by atoms with van der Waals surface area (Å²) < 4.78 is 25.1. The molecule has 0 spiro atoms. The lowest BCUT2D eigenvalue weighted by Gasteiger charge is -2.35. The molecule has 3 heterocycles. The summed E-state index contributed by atoms with van der Waals surface area (Å²) in [6.45, 7) is 6.55. The standard InChI is InChI=1S/C22H26FN5O3/c1-13(2)25-21-24-9-8-16(26-21)18-17(14-4-6-15(23)7-5-14)27-19(28-18)20-30-11-22(3,10-29)12-31-20/h4-9,13,20,29H,10-12H2,1-3H3,(H,27,28)(H,24,25,26). The largest absolute Gasteiger partial charge is 0.396 e. The van der Waals surface area contributed by atoms with Crippen molar-refractivity contribution in [2.45, 2.75) is 33.1 Å². The maximum atomic E-state index is 13.5. The van der Waals surface area contributed by atoms with Gasteiger partial charge in [-0.25, -0.2) is 19.3 Å². The Balaban J connectivity index is 1.72.